The van der Waals surface area contributed by atoms with E-state index < -0.39 is 0 Å². The van der Waals surface area contributed by atoms with Crippen LogP contribution in [-0.4, -0.2) is 19.9 Å². The normalized spacial score (nSPS) is 12.7. The minimum Gasteiger partial charge on any atom is -0.244 e. The monoisotopic (exact) mass is 758 g/mol. The van der Waals surface area contributed by atoms with Crippen LogP contribution >= 0.6 is 0 Å². The maximum atomic E-state index is 5.71. The van der Waals surface area contributed by atoms with Gasteiger partial charge in [-0.2, -0.15) is 0 Å². The lowest BCUT2D eigenvalue weighted by Crippen LogP contribution is -2.05. The summed E-state index contributed by atoms with van der Waals surface area (Å²) >= 11 is 0. The summed E-state index contributed by atoms with van der Waals surface area (Å²) in [6.45, 7) is 40.9. The summed E-state index contributed by atoms with van der Waals surface area (Å²) in [5, 5.41) is 5.41. The Morgan fingerprint density at radius 1 is 0.172 bits per heavy atom. The van der Waals surface area contributed by atoms with Gasteiger partial charge in [-0.05, 0) is 247 Å². The van der Waals surface area contributed by atoms with E-state index in [2.05, 4.69) is 125 Å². The minimum atomic E-state index is 0.989. The first-order chi connectivity index (χ1) is 27.3. The molecule has 0 N–H and O–H groups in total. The Morgan fingerprint density at radius 2 is 0.379 bits per heavy atom. The van der Waals surface area contributed by atoms with Gasteiger partial charge in [0.2, 0.25) is 0 Å². The first-order valence-corrected chi connectivity index (χ1v) is 21.0. The van der Waals surface area contributed by atoms with E-state index in [1.807, 2.05) is 0 Å². The van der Waals surface area contributed by atoms with Crippen molar-refractivity contribution in [2.24, 2.45) is 0 Å². The SMILES string of the molecule is Cc1c(-c2c(C)c(C)c3nc4c(nc3c2C)-c2c(C)c(C)c(C)c3c(C)c(C)c(C)c-4c23)c(C)c2nc3c(nc2c1C)-c1c(C)c(C)c(C)c2c(C)c(C)c(C)c-3c12. The van der Waals surface area contributed by atoms with Crippen LogP contribution in [0.5, 0.6) is 0 Å². The fourth-order valence-corrected chi connectivity index (χ4v) is 11.5. The average molecular weight is 759 g/mol. The molecule has 0 aliphatic heterocycles. The maximum Gasteiger partial charge on any atom is 0.0982 e. The van der Waals surface area contributed by atoms with Crippen molar-refractivity contribution in [3.8, 4) is 56.2 Å². The van der Waals surface area contributed by atoms with Crippen LogP contribution < -0.4 is 0 Å². The highest BCUT2D eigenvalue weighted by atomic mass is 14.9. The molecule has 4 heteroatoms. The molecular weight excluding hydrogens is 705 g/mol. The van der Waals surface area contributed by atoms with Crippen molar-refractivity contribution in [2.45, 2.75) is 125 Å². The van der Waals surface area contributed by atoms with Crippen molar-refractivity contribution in [1.82, 2.24) is 19.9 Å². The van der Waals surface area contributed by atoms with Gasteiger partial charge in [0.15, 0.2) is 0 Å². The molecule has 8 aromatic rings. The lowest BCUT2D eigenvalue weighted by molar-refractivity contribution is 1.21. The summed E-state index contributed by atoms with van der Waals surface area (Å²) in [5.41, 5.74) is 39.0. The van der Waals surface area contributed by atoms with Gasteiger partial charge in [0.25, 0.3) is 0 Å². The van der Waals surface area contributed by atoms with E-state index >= 15 is 0 Å². The first kappa shape index (κ1) is 36.8. The van der Waals surface area contributed by atoms with Crippen molar-refractivity contribution in [1.29, 1.82) is 0 Å². The number of nitrogens with zero attached hydrogens (tertiary/aromatic N) is 4. The molecule has 0 bridgehead atoms. The van der Waals surface area contributed by atoms with Crippen LogP contribution in [0.15, 0.2) is 0 Å². The molecule has 0 atom stereocenters. The Bertz CT molecular complexity index is 3150. The molecule has 290 valence electrons. The molecule has 2 heterocycles. The predicted molar refractivity (Wildman–Crippen MR) is 247 cm³/mol. The first-order valence-electron chi connectivity index (χ1n) is 21.0. The third-order valence-electron chi connectivity index (χ3n) is 16.0. The van der Waals surface area contributed by atoms with E-state index in [4.69, 9.17) is 19.9 Å². The topological polar surface area (TPSA) is 51.6 Å². The second-order valence-corrected chi connectivity index (χ2v) is 18.2. The maximum absolute atomic E-state index is 5.71. The number of fused-ring (bicyclic) bond motifs is 8. The van der Waals surface area contributed by atoms with Crippen molar-refractivity contribution < 1.29 is 0 Å². The Labute approximate surface area is 343 Å². The molecule has 10 rings (SSSR count). The third-order valence-corrected chi connectivity index (χ3v) is 16.0. The molecule has 2 aliphatic carbocycles. The molecule has 0 unspecified atom stereocenters. The van der Waals surface area contributed by atoms with Crippen molar-refractivity contribution in [2.75, 3.05) is 0 Å². The lowest BCUT2D eigenvalue weighted by Gasteiger charge is -2.23. The standard InChI is InChI=1S/C54H54N4/c1-19-23(5)37-25(7)21(3)29(11)43-45(37)41(27(19)9)51-53(43)57-49-35(17)39(31(13)33(15)47(49)55-51)40-32(14)34(16)48-50(36(40)18)58-54-44-30(12)22(4)26(8)38-24(6)20(2)28(10)42(46(38)44)52(54)56-48/h1-18H3. The van der Waals surface area contributed by atoms with Crippen LogP contribution in [0.3, 0.4) is 0 Å². The summed E-state index contributed by atoms with van der Waals surface area (Å²) in [5.74, 6) is 0. The third kappa shape index (κ3) is 4.07. The number of rotatable bonds is 1. The van der Waals surface area contributed by atoms with Gasteiger partial charge in [-0.25, -0.2) is 19.9 Å². The molecule has 4 nitrogen and oxygen atoms in total. The zero-order chi connectivity index (χ0) is 41.6. The quantitative estimate of drug-likeness (QED) is 0.167. The molecule has 2 aromatic heterocycles. The number of benzene rings is 6. The molecule has 2 aliphatic rings. The van der Waals surface area contributed by atoms with Crippen LogP contribution in [-0.2, 0) is 0 Å². The van der Waals surface area contributed by atoms with Gasteiger partial charge in [0.05, 0.1) is 44.8 Å². The van der Waals surface area contributed by atoms with Gasteiger partial charge >= 0.3 is 0 Å². The van der Waals surface area contributed by atoms with Crippen molar-refractivity contribution in [3.05, 3.63) is 100 Å². The zero-order valence-electron chi connectivity index (χ0n) is 37.8. The average Bonchev–Trinajstić information content (AvgIpc) is 3.71. The summed E-state index contributed by atoms with van der Waals surface area (Å²) in [7, 11) is 0. The molecule has 0 radical (unpaired) electrons. The summed E-state index contributed by atoms with van der Waals surface area (Å²) in [6, 6.07) is 0. The highest BCUT2D eigenvalue weighted by Crippen LogP contribution is 2.55. The van der Waals surface area contributed by atoms with E-state index in [1.54, 1.807) is 0 Å². The van der Waals surface area contributed by atoms with Crippen LogP contribution in [0.2, 0.25) is 0 Å². The van der Waals surface area contributed by atoms with Gasteiger partial charge in [-0.15, -0.1) is 0 Å². The van der Waals surface area contributed by atoms with E-state index in [0.717, 1.165) is 44.8 Å². The van der Waals surface area contributed by atoms with Crippen molar-refractivity contribution in [3.63, 3.8) is 0 Å². The highest BCUT2D eigenvalue weighted by Gasteiger charge is 2.35. The fourth-order valence-electron chi connectivity index (χ4n) is 11.5. The largest absolute Gasteiger partial charge is 0.244 e. The van der Waals surface area contributed by atoms with Crippen LogP contribution in [0.1, 0.15) is 100 Å². The van der Waals surface area contributed by atoms with Gasteiger partial charge in [0.1, 0.15) is 0 Å². The molecule has 0 fully saturated rings. The summed E-state index contributed by atoms with van der Waals surface area (Å²) < 4.78 is 0. The van der Waals surface area contributed by atoms with Gasteiger partial charge < -0.3 is 0 Å². The van der Waals surface area contributed by atoms with E-state index in [-0.39, 0.29) is 0 Å². The Hall–Kier alpha value is -5.48. The molecule has 6 aromatic carbocycles. The second kappa shape index (κ2) is 11.6. The Morgan fingerprint density at radius 3 is 0.621 bits per heavy atom. The second-order valence-electron chi connectivity index (χ2n) is 18.2. The smallest absolute Gasteiger partial charge is 0.0982 e. The molecule has 0 amide bonds. The number of aromatic nitrogens is 4. The van der Waals surface area contributed by atoms with Crippen LogP contribution in [0.25, 0.3) is 99.8 Å². The number of aryl methyl sites for hydroxylation is 8. The van der Waals surface area contributed by atoms with Crippen LogP contribution in [0, 0.1) is 125 Å². The van der Waals surface area contributed by atoms with E-state index in [9.17, 15) is 0 Å². The molecule has 0 spiro atoms. The number of hydrogen-bond donors (Lipinski definition) is 0. The number of hydrogen-bond acceptors (Lipinski definition) is 4. The van der Waals surface area contributed by atoms with Gasteiger partial charge in [0, 0.05) is 33.0 Å². The van der Waals surface area contributed by atoms with Gasteiger partial charge in [-0.1, -0.05) is 0 Å². The summed E-state index contributed by atoms with van der Waals surface area (Å²) in [6.07, 6.45) is 0. The van der Waals surface area contributed by atoms with Gasteiger partial charge in [-0.3, -0.25) is 0 Å². The Balaban J connectivity index is 1.28. The highest BCUT2D eigenvalue weighted by molar-refractivity contribution is 6.20. The van der Waals surface area contributed by atoms with E-state index in [0.29, 0.717) is 0 Å². The molecule has 58 heavy (non-hydrogen) atoms. The van der Waals surface area contributed by atoms with E-state index in [1.165, 1.54) is 155 Å². The molecular formula is C54H54N4. The van der Waals surface area contributed by atoms with Crippen LogP contribution in [0.4, 0.5) is 0 Å². The lowest BCUT2D eigenvalue weighted by atomic mass is 9.84. The predicted octanol–water partition coefficient (Wildman–Crippen LogP) is 14.4. The fraction of sp³-hybridized carbons (Fsp3) is 0.333. The van der Waals surface area contributed by atoms with Crippen molar-refractivity contribution >= 4 is 43.6 Å². The summed E-state index contributed by atoms with van der Waals surface area (Å²) in [4.78, 5) is 22.7. The molecule has 0 saturated heterocycles. The Kier molecular flexibility index (Phi) is 7.36. The minimum absolute atomic E-state index is 0.989. The zero-order valence-corrected chi connectivity index (χ0v) is 37.8. The molecule has 0 saturated carbocycles.